The van der Waals surface area contributed by atoms with Gasteiger partial charge >= 0.3 is 0 Å². The van der Waals surface area contributed by atoms with Gasteiger partial charge in [0.1, 0.15) is 0 Å². The van der Waals surface area contributed by atoms with Gasteiger partial charge in [-0.2, -0.15) is 0 Å². The summed E-state index contributed by atoms with van der Waals surface area (Å²) in [5.41, 5.74) is 2.40. The highest BCUT2D eigenvalue weighted by atomic mass is 35.5. The second-order valence-electron chi connectivity index (χ2n) is 15.5. The minimum Gasteiger partial charge on any atom is -0.350 e. The summed E-state index contributed by atoms with van der Waals surface area (Å²) in [5, 5.41) is 8.21. The van der Waals surface area contributed by atoms with Gasteiger partial charge in [-0.05, 0) is 85.3 Å². The molecule has 2 aromatic carbocycles. The maximum atomic E-state index is 14.2. The van der Waals surface area contributed by atoms with Gasteiger partial charge in [-0.3, -0.25) is 19.0 Å². The lowest BCUT2D eigenvalue weighted by atomic mass is 9.45. The van der Waals surface area contributed by atoms with Crippen molar-refractivity contribution in [1.29, 1.82) is 0 Å². The molecule has 3 saturated carbocycles. The Kier molecular flexibility index (Phi) is 9.73. The maximum Gasteiger partial charge on any atom is 0.262 e. The minimum absolute atomic E-state index is 0.0140. The topological polar surface area (TPSA) is 115 Å². The largest absolute Gasteiger partial charge is 0.350 e. The van der Waals surface area contributed by atoms with Crippen LogP contribution in [0.25, 0.3) is 10.9 Å². The van der Waals surface area contributed by atoms with Crippen molar-refractivity contribution < 1.29 is 9.59 Å². The highest BCUT2D eigenvalue weighted by Gasteiger charge is 2.56. The Morgan fingerprint density at radius 3 is 2.47 bits per heavy atom. The van der Waals surface area contributed by atoms with Gasteiger partial charge in [0.2, 0.25) is 17.8 Å². The molecule has 2 N–H and O–H groups in total. The Labute approximate surface area is 309 Å². The van der Waals surface area contributed by atoms with Gasteiger partial charge in [0.05, 0.1) is 23.5 Å². The second kappa shape index (κ2) is 14.0. The smallest absolute Gasteiger partial charge is 0.262 e. The van der Waals surface area contributed by atoms with Crippen molar-refractivity contribution in [3.63, 3.8) is 0 Å². The van der Waals surface area contributed by atoms with Crippen LogP contribution in [0.5, 0.6) is 0 Å². The molecule has 2 aliphatic heterocycles. The molecule has 5 aliphatic rings. The van der Waals surface area contributed by atoms with Crippen molar-refractivity contribution in [3.05, 3.63) is 62.4 Å². The van der Waals surface area contributed by atoms with Crippen LogP contribution < -0.4 is 21.1 Å². The molecule has 2 bridgehead atoms. The monoisotopic (exact) mass is 734 g/mol. The van der Waals surface area contributed by atoms with E-state index in [1.165, 1.54) is 6.42 Å². The lowest BCUT2D eigenvalue weighted by Crippen LogP contribution is -2.58. The van der Waals surface area contributed by atoms with E-state index in [2.05, 4.69) is 36.3 Å². The average Bonchev–Trinajstić information content (AvgIpc) is 3.08. The summed E-state index contributed by atoms with van der Waals surface area (Å²) in [5.74, 6) is 2.96. The molecule has 1 aromatic heterocycles. The summed E-state index contributed by atoms with van der Waals surface area (Å²) >= 11 is 12.7. The maximum absolute atomic E-state index is 14.2. The highest BCUT2D eigenvalue weighted by molar-refractivity contribution is 6.35. The molecular formula is C38H48Cl2N8O3. The summed E-state index contributed by atoms with van der Waals surface area (Å²) in [7, 11) is 0. The molecule has 0 unspecified atom stereocenters. The quantitative estimate of drug-likeness (QED) is 0.262. The number of nitrogens with one attached hydrogen (secondary N) is 2. The lowest BCUT2D eigenvalue weighted by molar-refractivity contribution is -0.129. The number of fused-ring (bicyclic) bond motifs is 3. The van der Waals surface area contributed by atoms with Gasteiger partial charge in [-0.15, -0.1) is 0 Å². The highest BCUT2D eigenvalue weighted by Crippen LogP contribution is 2.61. The molecule has 0 spiro atoms. The van der Waals surface area contributed by atoms with Crippen LogP contribution in [0.15, 0.2) is 46.2 Å². The number of rotatable bonds is 6. The number of carbonyl (C=O) groups excluding carboxylic acids is 2. The van der Waals surface area contributed by atoms with E-state index < -0.39 is 0 Å². The molecule has 3 heterocycles. The fourth-order valence-electron chi connectivity index (χ4n) is 8.78. The number of hydrogen-bond donors (Lipinski definition) is 2. The Morgan fingerprint density at radius 2 is 1.80 bits per heavy atom. The third-order valence-electron chi connectivity index (χ3n) is 12.0. The van der Waals surface area contributed by atoms with E-state index in [1.807, 2.05) is 41.0 Å². The number of aromatic nitrogens is 2. The fourth-order valence-corrected chi connectivity index (χ4v) is 9.28. The first-order valence-electron chi connectivity index (χ1n) is 18.2. The standard InChI is InChI=1S/C38H48Cl2N8O3/c1-22-20-47(21-34(50)41-22)36(43-32-17-26-16-30(23(32)2)38(26,4)5)42-28-8-9-29-33(19-28)44-37(46-14-12-45(13-15-46)24(3)49)48(35(29)51)11-10-25-6-7-27(39)18-31(25)40/h6-9,18-19,22-23,26,30,32H,10-17,20-21H2,1-5H3,(H,41,50)(H,42,43)/t22-,23-,26-,30+,32-/m0/s1. The number of anilines is 2. The first kappa shape index (κ1) is 35.6. The van der Waals surface area contributed by atoms with Crippen LogP contribution in [0.3, 0.4) is 0 Å². The first-order valence-corrected chi connectivity index (χ1v) is 18.9. The Morgan fingerprint density at radius 1 is 1.04 bits per heavy atom. The van der Waals surface area contributed by atoms with E-state index in [9.17, 15) is 14.4 Å². The Hall–Kier alpha value is -3.83. The van der Waals surface area contributed by atoms with Crippen LogP contribution in [0.2, 0.25) is 10.0 Å². The van der Waals surface area contributed by atoms with E-state index in [0.29, 0.717) is 102 Å². The number of guanidine groups is 1. The number of nitrogens with zero attached hydrogens (tertiary/aromatic N) is 6. The zero-order valence-corrected chi connectivity index (χ0v) is 31.6. The fraction of sp³-hybridized carbons (Fsp3) is 0.553. The number of piperazine rings is 2. The van der Waals surface area contributed by atoms with Crippen LogP contribution in [-0.4, -0.2) is 88.5 Å². The molecule has 11 nitrogen and oxygen atoms in total. The average molecular weight is 736 g/mol. The summed E-state index contributed by atoms with van der Waals surface area (Å²) in [6.07, 6.45) is 2.81. The number of carbonyl (C=O) groups is 2. The molecule has 5 fully saturated rings. The molecule has 3 aliphatic carbocycles. The van der Waals surface area contributed by atoms with Crippen molar-refractivity contribution in [1.82, 2.24) is 24.7 Å². The third kappa shape index (κ3) is 7.03. The predicted molar refractivity (Wildman–Crippen MR) is 204 cm³/mol. The minimum atomic E-state index is -0.145. The van der Waals surface area contributed by atoms with E-state index >= 15 is 0 Å². The summed E-state index contributed by atoms with van der Waals surface area (Å²) in [6.45, 7) is 14.1. The van der Waals surface area contributed by atoms with Gasteiger partial charge in [0.25, 0.3) is 5.56 Å². The molecule has 272 valence electrons. The molecule has 8 rings (SSSR count). The normalized spacial score (nSPS) is 26.2. The summed E-state index contributed by atoms with van der Waals surface area (Å²) in [4.78, 5) is 55.4. The molecule has 13 heteroatoms. The third-order valence-corrected chi connectivity index (χ3v) is 12.5. The van der Waals surface area contributed by atoms with E-state index in [-0.39, 0.29) is 36.0 Å². The Bertz CT molecular complexity index is 1940. The van der Waals surface area contributed by atoms with Gasteiger partial charge in [0.15, 0.2) is 5.96 Å². The molecule has 5 atom stereocenters. The van der Waals surface area contributed by atoms with Crippen LogP contribution in [0.4, 0.5) is 11.6 Å². The van der Waals surface area contributed by atoms with Crippen LogP contribution in [0.1, 0.15) is 53.0 Å². The van der Waals surface area contributed by atoms with E-state index in [0.717, 1.165) is 17.7 Å². The number of aliphatic imine (C=N–C) groups is 1. The van der Waals surface area contributed by atoms with E-state index in [4.69, 9.17) is 33.2 Å². The SMILES string of the molecule is CC(=O)N1CCN(c2nc3cc(N/C(=N/[C@H]4C[C@@H]5C[C@H]([C@@H]4C)C5(C)C)N4CC(=O)N[C@@H](C)C4)ccc3c(=O)n2CCc2ccc(Cl)cc2Cl)CC1. The number of amides is 2. The van der Waals surface area contributed by atoms with Gasteiger partial charge in [-0.1, -0.05) is 50.0 Å². The summed E-state index contributed by atoms with van der Waals surface area (Å²) in [6, 6.07) is 11.2. The van der Waals surface area contributed by atoms with Crippen molar-refractivity contribution in [2.24, 2.45) is 28.2 Å². The zero-order chi connectivity index (χ0) is 36.2. The van der Waals surface area contributed by atoms with Crippen LogP contribution in [-0.2, 0) is 22.6 Å². The van der Waals surface area contributed by atoms with Crippen LogP contribution in [0, 0.1) is 23.2 Å². The summed E-state index contributed by atoms with van der Waals surface area (Å²) < 4.78 is 1.72. The van der Waals surface area contributed by atoms with Crippen molar-refractivity contribution in [2.45, 2.75) is 72.5 Å². The molecule has 2 amide bonds. The second-order valence-corrected chi connectivity index (χ2v) is 16.4. The lowest BCUT2D eigenvalue weighted by Gasteiger charge is -2.61. The van der Waals surface area contributed by atoms with Crippen molar-refractivity contribution in [3.8, 4) is 0 Å². The number of aryl methyl sites for hydroxylation is 1. The molecule has 51 heavy (non-hydrogen) atoms. The van der Waals surface area contributed by atoms with Crippen LogP contribution >= 0.6 is 23.2 Å². The van der Waals surface area contributed by atoms with Gasteiger partial charge in [0, 0.05) is 68.0 Å². The number of benzene rings is 2. The van der Waals surface area contributed by atoms with Crippen molar-refractivity contribution >= 4 is 63.5 Å². The molecule has 0 radical (unpaired) electrons. The molecular weight excluding hydrogens is 687 g/mol. The van der Waals surface area contributed by atoms with Gasteiger partial charge in [-0.25, -0.2) is 9.98 Å². The number of halogens is 2. The van der Waals surface area contributed by atoms with E-state index in [1.54, 1.807) is 23.6 Å². The Balaban J connectivity index is 1.23. The molecule has 3 aromatic rings. The first-order chi connectivity index (χ1) is 24.3. The van der Waals surface area contributed by atoms with Crippen molar-refractivity contribution in [2.75, 3.05) is 49.5 Å². The predicted octanol–water partition coefficient (Wildman–Crippen LogP) is 5.27. The van der Waals surface area contributed by atoms with Gasteiger partial charge < -0.3 is 25.3 Å². The number of hydrogen-bond acceptors (Lipinski definition) is 6. The molecule has 2 saturated heterocycles. The zero-order valence-electron chi connectivity index (χ0n) is 30.1.